The van der Waals surface area contributed by atoms with Gasteiger partial charge in [-0.05, 0) is 67.0 Å². The van der Waals surface area contributed by atoms with Gasteiger partial charge in [-0.2, -0.15) is 0 Å². The number of carbonyl (C=O) groups excluding carboxylic acids is 4. The number of likely N-dealkylation sites (tertiary alicyclic amines) is 1. The zero-order chi connectivity index (χ0) is 42.8. The van der Waals surface area contributed by atoms with Gasteiger partial charge in [-0.25, -0.2) is 9.80 Å². The normalized spacial score (nSPS) is 16.9. The summed E-state index contributed by atoms with van der Waals surface area (Å²) in [7, 11) is 0. The molecule has 0 saturated carbocycles. The van der Waals surface area contributed by atoms with Gasteiger partial charge in [0.25, 0.3) is 5.91 Å². The highest BCUT2D eigenvalue weighted by molar-refractivity contribution is 5.89. The Balaban J connectivity index is 1.25. The Hall–Kier alpha value is -5.66. The standard InChI is InChI=1S/C47H60N8O5/c1-6-33(4)44(55-27-26-52(47(55)60)30-38-17-12-14-34(5)49-38)45(58)50-40(28-35-15-8-7-9-16-35)41(56)31-53(51-46(59)43(32(2)3)54-25-13-19-42(54)57)29-36-20-22-37(23-21-36)39-18-10-11-24-48-39/h7-12,14-18,20-24,32-33,40-41,43-44,56H,6,13,19,25-31H2,1-5H3,(H,50,58)(H,51,59)/t33-,40-,41-,43?,44-/m0/s1. The third-order valence-electron chi connectivity index (χ3n) is 11.6. The fraction of sp³-hybridized carbons (Fsp3) is 0.447. The predicted molar refractivity (Wildman–Crippen MR) is 231 cm³/mol. The molecule has 2 aromatic heterocycles. The molecule has 1 unspecified atom stereocenters. The number of pyridine rings is 2. The highest BCUT2D eigenvalue weighted by Crippen LogP contribution is 2.24. The molecule has 2 aromatic carbocycles. The minimum Gasteiger partial charge on any atom is -0.390 e. The van der Waals surface area contributed by atoms with Crippen LogP contribution in [0.25, 0.3) is 11.3 Å². The van der Waals surface area contributed by atoms with Crippen molar-refractivity contribution in [3.05, 3.63) is 120 Å². The quantitative estimate of drug-likeness (QED) is 0.107. The van der Waals surface area contributed by atoms with Gasteiger partial charge < -0.3 is 25.1 Å². The van der Waals surface area contributed by atoms with E-state index in [0.29, 0.717) is 51.9 Å². The van der Waals surface area contributed by atoms with Crippen LogP contribution < -0.4 is 10.7 Å². The topological polar surface area (TPSA) is 151 Å². The molecule has 3 N–H and O–H groups in total. The number of hydrogen-bond donors (Lipinski definition) is 3. The van der Waals surface area contributed by atoms with Crippen LogP contribution in [0.5, 0.6) is 0 Å². The average molecular weight is 817 g/mol. The maximum absolute atomic E-state index is 14.6. The van der Waals surface area contributed by atoms with Gasteiger partial charge in [0, 0.05) is 56.6 Å². The number of aliphatic hydroxyl groups is 1. The Morgan fingerprint density at radius 1 is 0.833 bits per heavy atom. The van der Waals surface area contributed by atoms with Gasteiger partial charge in [0.15, 0.2) is 0 Å². The van der Waals surface area contributed by atoms with E-state index in [0.717, 1.165) is 33.8 Å². The average Bonchev–Trinajstić information content (AvgIpc) is 3.82. The number of hydrogen-bond acceptors (Lipinski definition) is 8. The van der Waals surface area contributed by atoms with Crippen LogP contribution >= 0.6 is 0 Å². The summed E-state index contributed by atoms with van der Waals surface area (Å²) in [4.78, 5) is 69.6. The van der Waals surface area contributed by atoms with Gasteiger partial charge in [-0.15, -0.1) is 0 Å². The molecule has 0 bridgehead atoms. The zero-order valence-corrected chi connectivity index (χ0v) is 35.5. The van der Waals surface area contributed by atoms with Gasteiger partial charge in [-0.3, -0.25) is 29.8 Å². The van der Waals surface area contributed by atoms with Gasteiger partial charge >= 0.3 is 6.03 Å². The summed E-state index contributed by atoms with van der Waals surface area (Å²) in [5, 5.41) is 17.1. The zero-order valence-electron chi connectivity index (χ0n) is 35.5. The predicted octanol–water partition coefficient (Wildman–Crippen LogP) is 5.37. The second kappa shape index (κ2) is 20.5. The lowest BCUT2D eigenvalue weighted by Gasteiger charge is -2.36. The molecule has 4 heterocycles. The number of aryl methyl sites for hydroxylation is 1. The Morgan fingerprint density at radius 2 is 1.58 bits per heavy atom. The molecule has 2 fully saturated rings. The Kier molecular flexibility index (Phi) is 15.0. The summed E-state index contributed by atoms with van der Waals surface area (Å²) in [6.45, 7) is 11.6. The summed E-state index contributed by atoms with van der Waals surface area (Å²) >= 11 is 0. The molecule has 5 amide bonds. The van der Waals surface area contributed by atoms with Gasteiger partial charge in [-0.1, -0.05) is 101 Å². The summed E-state index contributed by atoms with van der Waals surface area (Å²) in [6.07, 6.45) is 2.65. The monoisotopic (exact) mass is 816 g/mol. The van der Waals surface area contributed by atoms with Crippen LogP contribution in [0, 0.1) is 18.8 Å². The van der Waals surface area contributed by atoms with E-state index in [1.165, 1.54) is 0 Å². The van der Waals surface area contributed by atoms with Crippen LogP contribution in [0.3, 0.4) is 0 Å². The van der Waals surface area contributed by atoms with E-state index in [4.69, 9.17) is 0 Å². The number of hydrazine groups is 1. The largest absolute Gasteiger partial charge is 0.390 e. The van der Waals surface area contributed by atoms with Crippen LogP contribution in [-0.4, -0.2) is 109 Å². The van der Waals surface area contributed by atoms with Gasteiger partial charge in [0.2, 0.25) is 11.8 Å². The van der Waals surface area contributed by atoms with Crippen LogP contribution in [-0.2, 0) is 33.9 Å². The van der Waals surface area contributed by atoms with Gasteiger partial charge in [0.1, 0.15) is 12.1 Å². The first-order valence-corrected chi connectivity index (χ1v) is 21.3. The number of urea groups is 1. The third kappa shape index (κ3) is 11.1. The van der Waals surface area contributed by atoms with Crippen molar-refractivity contribution in [3.8, 4) is 11.3 Å². The molecule has 0 spiro atoms. The molecule has 0 radical (unpaired) electrons. The lowest BCUT2D eigenvalue weighted by Crippen LogP contribution is -2.59. The second-order valence-electron chi connectivity index (χ2n) is 16.5. The SMILES string of the molecule is CC[C@H](C)[C@@H](C(=O)N[C@@H](Cc1ccccc1)[C@@H](O)CN(Cc1ccc(-c2ccccn2)cc1)NC(=O)C(C(C)C)N1CCCC1=O)N1CCN(Cc2cccc(C)n2)C1=O. The van der Waals surface area contributed by atoms with E-state index in [1.54, 1.807) is 25.9 Å². The van der Waals surface area contributed by atoms with Crippen molar-refractivity contribution in [2.45, 2.75) is 97.6 Å². The van der Waals surface area contributed by atoms with Crippen LogP contribution in [0.15, 0.2) is 97.2 Å². The summed E-state index contributed by atoms with van der Waals surface area (Å²) < 4.78 is 0. The van der Waals surface area contributed by atoms with Crippen molar-refractivity contribution >= 4 is 23.8 Å². The number of benzene rings is 2. The van der Waals surface area contributed by atoms with E-state index < -0.39 is 24.2 Å². The lowest BCUT2D eigenvalue weighted by molar-refractivity contribution is -0.142. The molecular formula is C47H60N8O5. The van der Waals surface area contributed by atoms with E-state index in [2.05, 4.69) is 20.7 Å². The molecule has 2 aliphatic heterocycles. The minimum atomic E-state index is -1.16. The number of rotatable bonds is 19. The molecule has 6 rings (SSSR count). The van der Waals surface area contributed by atoms with Crippen molar-refractivity contribution in [2.24, 2.45) is 11.8 Å². The van der Waals surface area contributed by atoms with Crippen molar-refractivity contribution in [2.75, 3.05) is 26.2 Å². The number of nitrogens with one attached hydrogen (secondary N) is 2. The lowest BCUT2D eigenvalue weighted by atomic mass is 9.95. The summed E-state index contributed by atoms with van der Waals surface area (Å²) in [5.41, 5.74) is 8.28. The molecule has 0 aliphatic carbocycles. The van der Waals surface area contributed by atoms with E-state index >= 15 is 0 Å². The maximum atomic E-state index is 14.6. The Labute approximate surface area is 354 Å². The van der Waals surface area contributed by atoms with E-state index in [9.17, 15) is 24.3 Å². The number of aromatic nitrogens is 2. The Bertz CT molecular complexity index is 2050. The third-order valence-corrected chi connectivity index (χ3v) is 11.6. The van der Waals surface area contributed by atoms with Crippen molar-refractivity contribution in [3.63, 3.8) is 0 Å². The van der Waals surface area contributed by atoms with E-state index in [-0.39, 0.29) is 48.7 Å². The molecule has 318 valence electrons. The van der Waals surface area contributed by atoms with Crippen molar-refractivity contribution in [1.82, 2.24) is 40.4 Å². The first-order valence-electron chi connectivity index (χ1n) is 21.3. The molecule has 13 heteroatoms. The number of amides is 5. The number of nitrogens with zero attached hydrogens (tertiary/aromatic N) is 6. The smallest absolute Gasteiger partial charge is 0.321 e. The molecule has 60 heavy (non-hydrogen) atoms. The van der Waals surface area contributed by atoms with Crippen LogP contribution in [0.1, 0.15) is 69.5 Å². The summed E-state index contributed by atoms with van der Waals surface area (Å²) in [5.74, 6) is -1.06. The first-order chi connectivity index (χ1) is 28.9. The minimum absolute atomic E-state index is 0.0435. The van der Waals surface area contributed by atoms with Crippen LogP contribution in [0.4, 0.5) is 4.79 Å². The van der Waals surface area contributed by atoms with Crippen molar-refractivity contribution < 1.29 is 24.3 Å². The highest BCUT2D eigenvalue weighted by Gasteiger charge is 2.41. The van der Waals surface area contributed by atoms with E-state index in [1.807, 2.05) is 126 Å². The first kappa shape index (κ1) is 43.9. The van der Waals surface area contributed by atoms with Crippen molar-refractivity contribution in [1.29, 1.82) is 0 Å². The fourth-order valence-electron chi connectivity index (χ4n) is 8.27. The molecule has 13 nitrogen and oxygen atoms in total. The Morgan fingerprint density at radius 3 is 2.23 bits per heavy atom. The molecule has 5 atom stereocenters. The van der Waals surface area contributed by atoms with Gasteiger partial charge in [0.05, 0.1) is 30.1 Å². The summed E-state index contributed by atoms with van der Waals surface area (Å²) in [6, 6.07) is 26.5. The number of carbonyl (C=O) groups is 4. The highest BCUT2D eigenvalue weighted by atomic mass is 16.3. The maximum Gasteiger partial charge on any atom is 0.321 e. The second-order valence-corrected chi connectivity index (χ2v) is 16.5. The molecule has 2 saturated heterocycles. The molecular weight excluding hydrogens is 757 g/mol. The van der Waals surface area contributed by atoms with Crippen LogP contribution in [0.2, 0.25) is 0 Å². The molecule has 2 aliphatic rings. The fourth-order valence-corrected chi connectivity index (χ4v) is 8.27. The number of aliphatic hydroxyl groups excluding tert-OH is 1. The molecule has 4 aromatic rings.